The summed E-state index contributed by atoms with van der Waals surface area (Å²) in [7, 11) is 1.61. The Balaban J connectivity index is 1.65. The molecule has 7 heteroatoms. The standard InChI is InChI=1S/C28H32N2O5/c1-3-34-28(32)16-21-9-12-26(33-2)25(15-21)24-11-10-23(29)17-22(24)18-30-14-13-27(31)35-19-20-7-5-4-6-8-20/h4-12,15,17,30H,3,13-14,16,18-19,29H2,1-2H3. The first kappa shape index (κ1) is 25.8. The second-order valence-electron chi connectivity index (χ2n) is 8.01. The maximum absolute atomic E-state index is 12.1. The fourth-order valence-electron chi connectivity index (χ4n) is 3.70. The molecule has 0 aliphatic heterocycles. The van der Waals surface area contributed by atoms with Crippen LogP contribution in [0.5, 0.6) is 5.75 Å². The minimum absolute atomic E-state index is 0.179. The second kappa shape index (κ2) is 13.2. The van der Waals surface area contributed by atoms with Crippen molar-refractivity contribution in [1.29, 1.82) is 0 Å². The monoisotopic (exact) mass is 476 g/mol. The molecule has 3 aromatic rings. The van der Waals surface area contributed by atoms with Crippen molar-refractivity contribution < 1.29 is 23.8 Å². The normalized spacial score (nSPS) is 10.6. The number of hydrogen-bond acceptors (Lipinski definition) is 7. The third-order valence-electron chi connectivity index (χ3n) is 5.40. The SMILES string of the molecule is CCOC(=O)Cc1ccc(OC)c(-c2ccc(N)cc2CNCCC(=O)OCc2ccccc2)c1. The van der Waals surface area contributed by atoms with E-state index in [1.807, 2.05) is 66.7 Å². The Bertz CT molecular complexity index is 1130. The molecule has 0 saturated carbocycles. The molecule has 0 spiro atoms. The summed E-state index contributed by atoms with van der Waals surface area (Å²) < 4.78 is 16.0. The molecule has 0 amide bonds. The van der Waals surface area contributed by atoms with E-state index in [4.69, 9.17) is 19.9 Å². The highest BCUT2D eigenvalue weighted by atomic mass is 16.5. The number of anilines is 1. The molecule has 0 bridgehead atoms. The van der Waals surface area contributed by atoms with Crippen LogP contribution in [0, 0.1) is 0 Å². The zero-order valence-electron chi connectivity index (χ0n) is 20.2. The van der Waals surface area contributed by atoms with E-state index in [-0.39, 0.29) is 31.4 Å². The lowest BCUT2D eigenvalue weighted by Crippen LogP contribution is -2.19. The molecule has 0 atom stereocenters. The quantitative estimate of drug-likeness (QED) is 0.229. The summed E-state index contributed by atoms with van der Waals surface area (Å²) in [4.78, 5) is 24.1. The first-order valence-electron chi connectivity index (χ1n) is 11.6. The van der Waals surface area contributed by atoms with Gasteiger partial charge in [-0.2, -0.15) is 0 Å². The summed E-state index contributed by atoms with van der Waals surface area (Å²) in [5.41, 5.74) is 11.2. The van der Waals surface area contributed by atoms with Crippen molar-refractivity contribution in [2.75, 3.05) is 26.0 Å². The van der Waals surface area contributed by atoms with Crippen LogP contribution in [-0.4, -0.2) is 32.2 Å². The molecule has 0 radical (unpaired) electrons. The zero-order valence-corrected chi connectivity index (χ0v) is 20.2. The van der Waals surface area contributed by atoms with Gasteiger partial charge in [-0.25, -0.2) is 0 Å². The molecule has 3 rings (SSSR count). The van der Waals surface area contributed by atoms with Gasteiger partial charge in [-0.1, -0.05) is 42.5 Å². The molecule has 0 aliphatic rings. The average Bonchev–Trinajstić information content (AvgIpc) is 2.86. The van der Waals surface area contributed by atoms with Crippen LogP contribution in [-0.2, 0) is 38.6 Å². The van der Waals surface area contributed by atoms with Gasteiger partial charge >= 0.3 is 11.9 Å². The highest BCUT2D eigenvalue weighted by molar-refractivity contribution is 5.78. The average molecular weight is 477 g/mol. The number of rotatable bonds is 12. The van der Waals surface area contributed by atoms with Crippen LogP contribution in [0.1, 0.15) is 30.0 Å². The maximum Gasteiger partial charge on any atom is 0.310 e. The van der Waals surface area contributed by atoms with E-state index in [2.05, 4.69) is 5.32 Å². The van der Waals surface area contributed by atoms with Crippen molar-refractivity contribution in [1.82, 2.24) is 5.32 Å². The van der Waals surface area contributed by atoms with Crippen LogP contribution in [0.2, 0.25) is 0 Å². The van der Waals surface area contributed by atoms with Crippen LogP contribution < -0.4 is 15.8 Å². The first-order valence-corrected chi connectivity index (χ1v) is 11.6. The van der Waals surface area contributed by atoms with Crippen LogP contribution in [0.15, 0.2) is 66.7 Å². The van der Waals surface area contributed by atoms with Gasteiger partial charge < -0.3 is 25.3 Å². The Hall–Kier alpha value is -3.84. The molecule has 184 valence electrons. The largest absolute Gasteiger partial charge is 0.496 e. The topological polar surface area (TPSA) is 99.9 Å². The Kier molecular flexibility index (Phi) is 9.69. The second-order valence-corrected chi connectivity index (χ2v) is 8.01. The fraction of sp³-hybridized carbons (Fsp3) is 0.286. The smallest absolute Gasteiger partial charge is 0.310 e. The van der Waals surface area contributed by atoms with Crippen LogP contribution in [0.3, 0.4) is 0 Å². The number of ether oxygens (including phenoxy) is 3. The van der Waals surface area contributed by atoms with E-state index in [9.17, 15) is 9.59 Å². The lowest BCUT2D eigenvalue weighted by atomic mass is 9.95. The molecule has 3 aromatic carbocycles. The van der Waals surface area contributed by atoms with Gasteiger partial charge in [0.15, 0.2) is 0 Å². The van der Waals surface area contributed by atoms with E-state index in [1.165, 1.54) is 0 Å². The minimum atomic E-state index is -0.276. The predicted octanol–water partition coefficient (Wildman–Crippen LogP) is 4.27. The summed E-state index contributed by atoms with van der Waals surface area (Å²) in [6.45, 7) is 3.35. The van der Waals surface area contributed by atoms with E-state index in [0.717, 1.165) is 27.8 Å². The molecule has 0 unspecified atom stereocenters. The van der Waals surface area contributed by atoms with Gasteiger partial charge in [0.25, 0.3) is 0 Å². The van der Waals surface area contributed by atoms with Gasteiger partial charge in [0.05, 0.1) is 26.6 Å². The van der Waals surface area contributed by atoms with Gasteiger partial charge in [-0.05, 0) is 53.4 Å². The van der Waals surface area contributed by atoms with Crippen molar-refractivity contribution >= 4 is 17.6 Å². The molecular weight excluding hydrogens is 444 g/mol. The Morgan fingerprint density at radius 1 is 0.886 bits per heavy atom. The molecule has 0 aliphatic carbocycles. The van der Waals surface area contributed by atoms with Crippen LogP contribution in [0.25, 0.3) is 11.1 Å². The summed E-state index contributed by atoms with van der Waals surface area (Å²) in [5, 5.41) is 3.30. The van der Waals surface area contributed by atoms with Crippen molar-refractivity contribution in [3.05, 3.63) is 83.4 Å². The van der Waals surface area contributed by atoms with Crippen LogP contribution >= 0.6 is 0 Å². The highest BCUT2D eigenvalue weighted by Gasteiger charge is 2.14. The van der Waals surface area contributed by atoms with Crippen molar-refractivity contribution in [2.45, 2.75) is 32.9 Å². The highest BCUT2D eigenvalue weighted by Crippen LogP contribution is 2.34. The van der Waals surface area contributed by atoms with Gasteiger partial charge in [0.2, 0.25) is 0 Å². The maximum atomic E-state index is 12.1. The van der Waals surface area contributed by atoms with Gasteiger partial charge in [0, 0.05) is 24.3 Å². The number of nitrogens with one attached hydrogen (secondary N) is 1. The molecular formula is C28H32N2O5. The molecule has 35 heavy (non-hydrogen) atoms. The van der Waals surface area contributed by atoms with E-state index in [1.54, 1.807) is 14.0 Å². The molecule has 0 aromatic heterocycles. The number of carbonyl (C=O) groups is 2. The number of nitrogen functional groups attached to an aromatic ring is 1. The third kappa shape index (κ3) is 7.86. The number of methoxy groups -OCH3 is 1. The van der Waals surface area contributed by atoms with Crippen molar-refractivity contribution in [3.8, 4) is 16.9 Å². The number of benzene rings is 3. The lowest BCUT2D eigenvalue weighted by molar-refractivity contribution is -0.145. The van der Waals surface area contributed by atoms with E-state index >= 15 is 0 Å². The minimum Gasteiger partial charge on any atom is -0.496 e. The number of hydrogen-bond donors (Lipinski definition) is 2. The molecule has 0 heterocycles. The number of nitrogens with two attached hydrogens (primary N) is 1. The summed E-state index contributed by atoms with van der Waals surface area (Å²) in [5.74, 6) is 0.151. The zero-order chi connectivity index (χ0) is 25.0. The Morgan fingerprint density at radius 3 is 2.43 bits per heavy atom. The lowest BCUT2D eigenvalue weighted by Gasteiger charge is -2.16. The van der Waals surface area contributed by atoms with Crippen molar-refractivity contribution in [2.24, 2.45) is 0 Å². The molecule has 3 N–H and O–H groups in total. The van der Waals surface area contributed by atoms with E-state index in [0.29, 0.717) is 31.1 Å². The van der Waals surface area contributed by atoms with Crippen LogP contribution in [0.4, 0.5) is 5.69 Å². The summed E-state index contributed by atoms with van der Waals surface area (Å²) in [6, 6.07) is 20.9. The van der Waals surface area contributed by atoms with Gasteiger partial charge in [0.1, 0.15) is 12.4 Å². The summed E-state index contributed by atoms with van der Waals surface area (Å²) >= 11 is 0. The molecule has 0 fully saturated rings. The Morgan fingerprint density at radius 2 is 1.69 bits per heavy atom. The van der Waals surface area contributed by atoms with E-state index < -0.39 is 0 Å². The fourth-order valence-corrected chi connectivity index (χ4v) is 3.70. The third-order valence-corrected chi connectivity index (χ3v) is 5.40. The first-order chi connectivity index (χ1) is 17.0. The number of esters is 2. The Labute approximate surface area is 206 Å². The molecule has 0 saturated heterocycles. The van der Waals surface area contributed by atoms with Gasteiger partial charge in [-0.3, -0.25) is 9.59 Å². The van der Waals surface area contributed by atoms with Crippen molar-refractivity contribution in [3.63, 3.8) is 0 Å². The van der Waals surface area contributed by atoms with Gasteiger partial charge in [-0.15, -0.1) is 0 Å². The number of carbonyl (C=O) groups excluding carboxylic acids is 2. The molecule has 7 nitrogen and oxygen atoms in total. The summed E-state index contributed by atoms with van der Waals surface area (Å²) in [6.07, 6.45) is 0.432. The predicted molar refractivity (Wildman–Crippen MR) is 136 cm³/mol.